The fraction of sp³-hybridized carbons (Fsp3) is 0.562. The van der Waals surface area contributed by atoms with E-state index in [-0.39, 0.29) is 12.0 Å². The van der Waals surface area contributed by atoms with Crippen LogP contribution in [0.5, 0.6) is 5.75 Å². The molecular weight excluding hydrogens is 236 g/mol. The molecule has 0 heterocycles. The van der Waals surface area contributed by atoms with E-state index < -0.39 is 0 Å². The van der Waals surface area contributed by atoms with Crippen LogP contribution in [0.2, 0.25) is 0 Å². The molecule has 0 spiro atoms. The Hall–Kier alpha value is -1.53. The van der Waals surface area contributed by atoms with E-state index in [4.69, 9.17) is 10.00 Å². The first-order valence-corrected chi connectivity index (χ1v) is 7.13. The minimum absolute atomic E-state index is 0.154. The van der Waals surface area contributed by atoms with E-state index in [2.05, 4.69) is 24.4 Å². The molecule has 1 aliphatic rings. The maximum Gasteiger partial charge on any atom is 0.124 e. The van der Waals surface area contributed by atoms with Gasteiger partial charge in [0.2, 0.25) is 0 Å². The molecule has 2 rings (SSSR count). The molecule has 1 aliphatic carbocycles. The van der Waals surface area contributed by atoms with Crippen LogP contribution in [0.1, 0.15) is 44.7 Å². The lowest BCUT2D eigenvalue weighted by molar-refractivity contribution is 0.328. The Labute approximate surface area is 115 Å². The van der Waals surface area contributed by atoms with E-state index in [1.54, 1.807) is 0 Å². The summed E-state index contributed by atoms with van der Waals surface area (Å²) in [5.74, 6) is 1.10. The van der Waals surface area contributed by atoms with Crippen molar-refractivity contribution in [3.63, 3.8) is 0 Å². The van der Waals surface area contributed by atoms with Crippen molar-refractivity contribution in [2.45, 2.75) is 45.2 Å². The molecule has 1 fully saturated rings. The third kappa shape index (κ3) is 3.27. The number of nitrogens with zero attached hydrogens (tertiary/aromatic N) is 1. The van der Waals surface area contributed by atoms with Crippen LogP contribution in [-0.4, -0.2) is 12.6 Å². The van der Waals surface area contributed by atoms with Crippen molar-refractivity contribution in [1.29, 1.82) is 5.26 Å². The van der Waals surface area contributed by atoms with Gasteiger partial charge in [-0.15, -0.1) is 0 Å². The maximum atomic E-state index is 9.14. The van der Waals surface area contributed by atoms with Gasteiger partial charge < -0.3 is 10.1 Å². The number of hydrogen-bond donors (Lipinski definition) is 1. The lowest BCUT2D eigenvalue weighted by Crippen LogP contribution is -2.34. The second-order valence-corrected chi connectivity index (χ2v) is 5.13. The van der Waals surface area contributed by atoms with E-state index in [0.717, 1.165) is 25.0 Å². The summed E-state index contributed by atoms with van der Waals surface area (Å²) in [6.07, 6.45) is 3.27. The van der Waals surface area contributed by atoms with Gasteiger partial charge in [-0.05, 0) is 32.8 Å². The predicted octanol–water partition coefficient (Wildman–Crippen LogP) is 3.43. The van der Waals surface area contributed by atoms with Gasteiger partial charge in [-0.1, -0.05) is 24.6 Å². The van der Waals surface area contributed by atoms with E-state index >= 15 is 0 Å². The molecule has 0 amide bonds. The molecule has 1 aromatic rings. The van der Waals surface area contributed by atoms with Crippen molar-refractivity contribution in [1.82, 2.24) is 5.32 Å². The molecule has 0 aliphatic heterocycles. The average molecular weight is 258 g/mol. The number of nitriles is 1. The van der Waals surface area contributed by atoms with Gasteiger partial charge in [-0.3, -0.25) is 0 Å². The number of benzene rings is 1. The minimum atomic E-state index is 0.154. The van der Waals surface area contributed by atoms with Gasteiger partial charge in [-0.2, -0.15) is 5.26 Å². The van der Waals surface area contributed by atoms with Crippen LogP contribution in [0.15, 0.2) is 24.3 Å². The summed E-state index contributed by atoms with van der Waals surface area (Å²) < 4.78 is 5.67. The van der Waals surface area contributed by atoms with Gasteiger partial charge in [0.1, 0.15) is 5.75 Å². The average Bonchev–Trinajstić information content (AvgIpc) is 2.87. The smallest absolute Gasteiger partial charge is 0.124 e. The van der Waals surface area contributed by atoms with E-state index in [1.807, 2.05) is 25.1 Å². The predicted molar refractivity (Wildman–Crippen MR) is 75.9 cm³/mol. The van der Waals surface area contributed by atoms with Crippen LogP contribution in [0.25, 0.3) is 0 Å². The summed E-state index contributed by atoms with van der Waals surface area (Å²) in [5.41, 5.74) is 1.17. The highest BCUT2D eigenvalue weighted by molar-refractivity contribution is 5.35. The highest BCUT2D eigenvalue weighted by Gasteiger charge is 2.28. The summed E-state index contributed by atoms with van der Waals surface area (Å²) in [5, 5.41) is 12.7. The normalized spacial score (nSPS) is 23.8. The van der Waals surface area contributed by atoms with Crippen LogP contribution in [0, 0.1) is 17.2 Å². The maximum absolute atomic E-state index is 9.14. The highest BCUT2D eigenvalue weighted by atomic mass is 16.5. The quantitative estimate of drug-likeness (QED) is 0.880. The van der Waals surface area contributed by atoms with E-state index in [9.17, 15) is 0 Å². The Morgan fingerprint density at radius 3 is 2.95 bits per heavy atom. The Morgan fingerprint density at radius 1 is 1.42 bits per heavy atom. The summed E-state index contributed by atoms with van der Waals surface area (Å²) >= 11 is 0. The van der Waals surface area contributed by atoms with Gasteiger partial charge >= 0.3 is 0 Å². The van der Waals surface area contributed by atoms with Crippen molar-refractivity contribution < 1.29 is 4.74 Å². The number of ether oxygens (including phenoxy) is 1. The van der Waals surface area contributed by atoms with E-state index in [1.165, 1.54) is 5.56 Å². The molecule has 3 nitrogen and oxygen atoms in total. The standard InChI is InChI=1S/C16H22N2O/c1-3-19-16-10-5-4-8-14(16)12(2)18-15-9-6-7-13(15)11-17/h4-5,8,10,12-13,15,18H,3,6-7,9H2,1-2H3. The van der Waals surface area contributed by atoms with Gasteiger partial charge in [0.25, 0.3) is 0 Å². The third-order valence-corrected chi connectivity index (χ3v) is 3.83. The molecule has 19 heavy (non-hydrogen) atoms. The van der Waals surface area contributed by atoms with E-state index in [0.29, 0.717) is 12.6 Å². The number of rotatable bonds is 5. The van der Waals surface area contributed by atoms with Crippen molar-refractivity contribution in [2.24, 2.45) is 5.92 Å². The second kappa shape index (κ2) is 6.58. The molecule has 102 valence electrons. The third-order valence-electron chi connectivity index (χ3n) is 3.83. The highest BCUT2D eigenvalue weighted by Crippen LogP contribution is 2.30. The van der Waals surface area contributed by atoms with Gasteiger partial charge in [0.05, 0.1) is 18.6 Å². The summed E-state index contributed by atoms with van der Waals surface area (Å²) in [7, 11) is 0. The first kappa shape index (κ1) is 13.9. The van der Waals surface area contributed by atoms with Crippen molar-refractivity contribution >= 4 is 0 Å². The molecule has 1 aromatic carbocycles. The molecule has 0 radical (unpaired) electrons. The molecule has 1 N–H and O–H groups in total. The lowest BCUT2D eigenvalue weighted by atomic mass is 10.0. The zero-order chi connectivity index (χ0) is 13.7. The molecule has 3 atom stereocenters. The summed E-state index contributed by atoms with van der Waals surface area (Å²) in [6.45, 7) is 4.82. The first-order valence-electron chi connectivity index (χ1n) is 7.13. The van der Waals surface area contributed by atoms with Crippen molar-refractivity contribution in [3.05, 3.63) is 29.8 Å². The summed E-state index contributed by atoms with van der Waals surface area (Å²) in [4.78, 5) is 0. The monoisotopic (exact) mass is 258 g/mol. The fourth-order valence-electron chi connectivity index (χ4n) is 2.85. The SMILES string of the molecule is CCOc1ccccc1C(C)NC1CCCC1C#N. The van der Waals surface area contributed by atoms with Crippen LogP contribution in [0.4, 0.5) is 0 Å². The largest absolute Gasteiger partial charge is 0.494 e. The first-order chi connectivity index (χ1) is 9.26. The van der Waals surface area contributed by atoms with Gasteiger partial charge in [-0.25, -0.2) is 0 Å². The lowest BCUT2D eigenvalue weighted by Gasteiger charge is -2.23. The molecule has 3 unspecified atom stereocenters. The molecular formula is C16H22N2O. The Morgan fingerprint density at radius 2 is 2.21 bits per heavy atom. The van der Waals surface area contributed by atoms with Crippen molar-refractivity contribution in [2.75, 3.05) is 6.61 Å². The van der Waals surface area contributed by atoms with Crippen LogP contribution in [0.3, 0.4) is 0 Å². The molecule has 0 saturated heterocycles. The fourth-order valence-corrected chi connectivity index (χ4v) is 2.85. The number of para-hydroxylation sites is 1. The Kier molecular flexibility index (Phi) is 4.81. The zero-order valence-electron chi connectivity index (χ0n) is 11.7. The zero-order valence-corrected chi connectivity index (χ0v) is 11.7. The molecule has 3 heteroatoms. The number of nitrogens with one attached hydrogen (secondary N) is 1. The van der Waals surface area contributed by atoms with Crippen LogP contribution < -0.4 is 10.1 Å². The Balaban J connectivity index is 2.07. The van der Waals surface area contributed by atoms with Crippen molar-refractivity contribution in [3.8, 4) is 11.8 Å². The Bertz CT molecular complexity index is 452. The van der Waals surface area contributed by atoms with Gasteiger partial charge in [0, 0.05) is 17.6 Å². The van der Waals surface area contributed by atoms with Crippen LogP contribution in [-0.2, 0) is 0 Å². The van der Waals surface area contributed by atoms with Crippen LogP contribution >= 0.6 is 0 Å². The second-order valence-electron chi connectivity index (χ2n) is 5.13. The minimum Gasteiger partial charge on any atom is -0.494 e. The number of hydrogen-bond acceptors (Lipinski definition) is 3. The van der Waals surface area contributed by atoms with Gasteiger partial charge in [0.15, 0.2) is 0 Å². The topological polar surface area (TPSA) is 45.0 Å². The molecule has 1 saturated carbocycles. The summed E-state index contributed by atoms with van der Waals surface area (Å²) in [6, 6.07) is 11.1. The molecule has 0 bridgehead atoms. The molecule has 0 aromatic heterocycles.